The number of aromatic amines is 1. The summed E-state index contributed by atoms with van der Waals surface area (Å²) in [6.07, 6.45) is 8.10. The largest absolute Gasteiger partial charge is 0.475 e. The van der Waals surface area contributed by atoms with Crippen molar-refractivity contribution in [3.8, 4) is 5.88 Å². The second kappa shape index (κ2) is 8.37. The monoisotopic (exact) mass is 368 g/mol. The van der Waals surface area contributed by atoms with Crippen LogP contribution in [0.25, 0.3) is 11.6 Å². The topological polar surface area (TPSA) is 79.9 Å². The Labute approximate surface area is 160 Å². The summed E-state index contributed by atoms with van der Waals surface area (Å²) in [7, 11) is 0. The molecule has 6 heteroatoms. The average Bonchev–Trinajstić information content (AvgIpc) is 3.20. The Hall–Kier alpha value is -2.63. The Bertz CT molecular complexity index is 832. The summed E-state index contributed by atoms with van der Waals surface area (Å²) in [5.74, 6) is 1.78. The predicted octanol–water partition coefficient (Wildman–Crippen LogP) is 4.77. The Kier molecular flexibility index (Phi) is 5.94. The van der Waals surface area contributed by atoms with E-state index in [0.717, 1.165) is 37.2 Å². The standard InChI is InChI=1S/C21H28N4O2/c1-5-7-14(8-6-2)20-22-12-15(23-20)11-16-19-17(24-21(16)26)9-10-18(25-19)27-13(3)4/h9-14H,5-8H2,1-4H3,(H,22,23)(H,24,26)/b16-11-. The summed E-state index contributed by atoms with van der Waals surface area (Å²) in [6.45, 7) is 8.28. The Morgan fingerprint density at radius 2 is 1.93 bits per heavy atom. The van der Waals surface area contributed by atoms with Crippen molar-refractivity contribution in [1.82, 2.24) is 15.0 Å². The molecule has 1 aliphatic rings. The van der Waals surface area contributed by atoms with Gasteiger partial charge >= 0.3 is 0 Å². The summed E-state index contributed by atoms with van der Waals surface area (Å²) >= 11 is 0. The molecule has 0 unspecified atom stereocenters. The third kappa shape index (κ3) is 4.38. The molecule has 1 amide bonds. The van der Waals surface area contributed by atoms with Gasteiger partial charge in [-0.25, -0.2) is 9.97 Å². The molecule has 27 heavy (non-hydrogen) atoms. The molecule has 1 aliphatic heterocycles. The van der Waals surface area contributed by atoms with Crippen molar-refractivity contribution in [2.45, 2.75) is 65.4 Å². The molecule has 0 bridgehead atoms. The minimum Gasteiger partial charge on any atom is -0.475 e. The van der Waals surface area contributed by atoms with E-state index in [1.807, 2.05) is 26.0 Å². The van der Waals surface area contributed by atoms with Crippen molar-refractivity contribution in [1.29, 1.82) is 0 Å². The van der Waals surface area contributed by atoms with E-state index in [1.165, 1.54) is 0 Å². The molecule has 2 aromatic heterocycles. The molecule has 0 aliphatic carbocycles. The molecule has 0 saturated heterocycles. The van der Waals surface area contributed by atoms with Crippen LogP contribution in [0.1, 0.15) is 76.5 Å². The summed E-state index contributed by atoms with van der Waals surface area (Å²) in [5, 5.41) is 2.86. The van der Waals surface area contributed by atoms with Gasteiger partial charge in [0.2, 0.25) is 5.88 Å². The fraction of sp³-hybridized carbons (Fsp3) is 0.476. The number of nitrogens with zero attached hydrogens (tertiary/aromatic N) is 2. The number of hydrogen-bond donors (Lipinski definition) is 2. The van der Waals surface area contributed by atoms with Crippen molar-refractivity contribution in [2.75, 3.05) is 5.32 Å². The van der Waals surface area contributed by atoms with Crippen molar-refractivity contribution in [3.63, 3.8) is 0 Å². The van der Waals surface area contributed by atoms with Gasteiger partial charge < -0.3 is 15.0 Å². The molecule has 0 saturated carbocycles. The first-order chi connectivity index (χ1) is 13.0. The summed E-state index contributed by atoms with van der Waals surface area (Å²) in [4.78, 5) is 24.9. The van der Waals surface area contributed by atoms with E-state index in [2.05, 4.69) is 34.1 Å². The fourth-order valence-electron chi connectivity index (χ4n) is 3.39. The van der Waals surface area contributed by atoms with E-state index in [9.17, 15) is 4.79 Å². The van der Waals surface area contributed by atoms with Gasteiger partial charge in [0, 0.05) is 12.0 Å². The smallest absolute Gasteiger partial charge is 0.258 e. The zero-order chi connectivity index (χ0) is 19.4. The highest BCUT2D eigenvalue weighted by Gasteiger charge is 2.27. The van der Waals surface area contributed by atoms with Crippen LogP contribution in [-0.4, -0.2) is 27.0 Å². The number of imidazole rings is 1. The molecule has 3 rings (SSSR count). The van der Waals surface area contributed by atoms with Gasteiger partial charge in [-0.05, 0) is 38.8 Å². The number of H-pyrrole nitrogens is 1. The van der Waals surface area contributed by atoms with Gasteiger partial charge in [0.05, 0.1) is 29.3 Å². The normalized spacial score (nSPS) is 14.9. The van der Waals surface area contributed by atoms with Gasteiger partial charge in [-0.15, -0.1) is 0 Å². The minimum absolute atomic E-state index is 0.0253. The van der Waals surface area contributed by atoms with Crippen LogP contribution in [0.4, 0.5) is 5.69 Å². The van der Waals surface area contributed by atoms with Crippen LogP contribution in [0.2, 0.25) is 0 Å². The van der Waals surface area contributed by atoms with Crippen LogP contribution >= 0.6 is 0 Å². The molecular weight excluding hydrogens is 340 g/mol. The van der Waals surface area contributed by atoms with Crippen LogP contribution < -0.4 is 10.1 Å². The lowest BCUT2D eigenvalue weighted by Gasteiger charge is -2.11. The Morgan fingerprint density at radius 3 is 2.59 bits per heavy atom. The molecule has 0 radical (unpaired) electrons. The molecule has 0 atom stereocenters. The number of amides is 1. The van der Waals surface area contributed by atoms with Gasteiger partial charge in [0.15, 0.2) is 0 Å². The zero-order valence-corrected chi connectivity index (χ0v) is 16.5. The number of ether oxygens (including phenoxy) is 1. The Morgan fingerprint density at radius 1 is 1.19 bits per heavy atom. The second-order valence-electron chi connectivity index (χ2n) is 7.22. The van der Waals surface area contributed by atoms with E-state index in [-0.39, 0.29) is 12.0 Å². The van der Waals surface area contributed by atoms with Crippen LogP contribution in [-0.2, 0) is 4.79 Å². The lowest BCUT2D eigenvalue weighted by atomic mass is 9.98. The lowest BCUT2D eigenvalue weighted by molar-refractivity contribution is -0.110. The van der Waals surface area contributed by atoms with E-state index >= 15 is 0 Å². The summed E-state index contributed by atoms with van der Waals surface area (Å²) in [6, 6.07) is 3.60. The highest BCUT2D eigenvalue weighted by Crippen LogP contribution is 2.33. The molecule has 144 valence electrons. The second-order valence-corrected chi connectivity index (χ2v) is 7.22. The van der Waals surface area contributed by atoms with Crippen molar-refractivity contribution >= 4 is 23.2 Å². The third-order valence-electron chi connectivity index (χ3n) is 4.55. The van der Waals surface area contributed by atoms with E-state index in [0.29, 0.717) is 28.8 Å². The number of anilines is 1. The first-order valence-corrected chi connectivity index (χ1v) is 9.77. The van der Waals surface area contributed by atoms with Gasteiger partial charge in [-0.1, -0.05) is 26.7 Å². The van der Waals surface area contributed by atoms with Gasteiger partial charge in [-0.2, -0.15) is 0 Å². The van der Waals surface area contributed by atoms with Gasteiger partial charge in [-0.3, -0.25) is 4.79 Å². The predicted molar refractivity (Wildman–Crippen MR) is 108 cm³/mol. The fourth-order valence-corrected chi connectivity index (χ4v) is 3.39. The molecular formula is C21H28N4O2. The van der Waals surface area contributed by atoms with Gasteiger partial charge in [0.25, 0.3) is 5.91 Å². The number of rotatable bonds is 8. The van der Waals surface area contributed by atoms with Crippen molar-refractivity contribution in [2.24, 2.45) is 0 Å². The maximum absolute atomic E-state index is 12.4. The maximum atomic E-state index is 12.4. The number of nitrogens with one attached hydrogen (secondary N) is 2. The molecule has 0 spiro atoms. The number of fused-ring (bicyclic) bond motifs is 1. The van der Waals surface area contributed by atoms with Crippen LogP contribution in [0.3, 0.4) is 0 Å². The van der Waals surface area contributed by atoms with Crippen LogP contribution in [0.15, 0.2) is 18.3 Å². The lowest BCUT2D eigenvalue weighted by Crippen LogP contribution is -2.07. The molecule has 0 aromatic carbocycles. The first-order valence-electron chi connectivity index (χ1n) is 9.77. The quantitative estimate of drug-likeness (QED) is 0.658. The van der Waals surface area contributed by atoms with Crippen molar-refractivity contribution < 1.29 is 9.53 Å². The van der Waals surface area contributed by atoms with Crippen LogP contribution in [0.5, 0.6) is 5.88 Å². The van der Waals surface area contributed by atoms with E-state index in [4.69, 9.17) is 4.74 Å². The van der Waals surface area contributed by atoms with E-state index < -0.39 is 0 Å². The molecule has 3 heterocycles. The number of carbonyl (C=O) groups excluding carboxylic acids is 1. The molecule has 6 nitrogen and oxygen atoms in total. The van der Waals surface area contributed by atoms with Crippen LogP contribution in [0, 0.1) is 0 Å². The number of carbonyl (C=O) groups is 1. The molecule has 2 N–H and O–H groups in total. The SMILES string of the molecule is CCCC(CCC)c1ncc(/C=C2\C(=O)Nc3ccc(OC(C)C)nc32)[nH]1. The molecule has 2 aromatic rings. The number of aromatic nitrogens is 3. The summed E-state index contributed by atoms with van der Waals surface area (Å²) < 4.78 is 5.67. The molecule has 0 fully saturated rings. The Balaban J connectivity index is 1.89. The first kappa shape index (κ1) is 19.1. The maximum Gasteiger partial charge on any atom is 0.258 e. The third-order valence-corrected chi connectivity index (χ3v) is 4.55. The number of pyridine rings is 1. The van der Waals surface area contributed by atoms with Crippen molar-refractivity contribution in [3.05, 3.63) is 35.5 Å². The summed E-state index contributed by atoms with van der Waals surface area (Å²) in [5.41, 5.74) is 2.67. The zero-order valence-electron chi connectivity index (χ0n) is 16.5. The minimum atomic E-state index is -0.158. The van der Waals surface area contributed by atoms with Gasteiger partial charge in [0.1, 0.15) is 11.5 Å². The number of hydrogen-bond acceptors (Lipinski definition) is 4. The highest BCUT2D eigenvalue weighted by molar-refractivity contribution is 6.34. The highest BCUT2D eigenvalue weighted by atomic mass is 16.5. The average molecular weight is 368 g/mol. The van der Waals surface area contributed by atoms with E-state index in [1.54, 1.807) is 12.3 Å².